The fourth-order valence-corrected chi connectivity index (χ4v) is 3.14. The number of carbonyl (C=O) groups is 1. The molecule has 0 saturated heterocycles. The highest BCUT2D eigenvalue weighted by Gasteiger charge is 2.25. The zero-order valence-electron chi connectivity index (χ0n) is 11.5. The molecule has 20 heavy (non-hydrogen) atoms. The van der Waals surface area contributed by atoms with Gasteiger partial charge in [-0.1, -0.05) is 31.0 Å². The Kier molecular flexibility index (Phi) is 3.30. The highest BCUT2D eigenvalue weighted by molar-refractivity contribution is 6.04. The Labute approximate surface area is 118 Å². The topological polar surface area (TPSA) is 53.4 Å². The Hall–Kier alpha value is -2.10. The molecule has 1 aromatic carbocycles. The average molecular weight is 270 g/mol. The molecule has 0 radical (unpaired) electrons. The molecule has 0 bridgehead atoms. The zero-order chi connectivity index (χ0) is 14.1. The van der Waals surface area contributed by atoms with E-state index in [1.807, 2.05) is 31.3 Å². The van der Waals surface area contributed by atoms with Crippen molar-refractivity contribution in [2.24, 2.45) is 0 Å². The molecule has 1 heterocycles. The van der Waals surface area contributed by atoms with Gasteiger partial charge < -0.3 is 10.0 Å². The van der Waals surface area contributed by atoms with Crippen LogP contribution in [0.4, 0.5) is 5.69 Å². The molecule has 2 aromatic rings. The summed E-state index contributed by atoms with van der Waals surface area (Å²) in [6.45, 7) is 0. The van der Waals surface area contributed by atoms with Crippen molar-refractivity contribution in [2.75, 3.05) is 11.9 Å². The van der Waals surface area contributed by atoms with Crippen molar-refractivity contribution >= 4 is 22.6 Å². The van der Waals surface area contributed by atoms with Gasteiger partial charge in [0.1, 0.15) is 5.56 Å². The van der Waals surface area contributed by atoms with Crippen LogP contribution in [0, 0.1) is 0 Å². The van der Waals surface area contributed by atoms with Gasteiger partial charge in [0.15, 0.2) is 0 Å². The van der Waals surface area contributed by atoms with Crippen molar-refractivity contribution < 1.29 is 9.90 Å². The number of pyridine rings is 1. The quantitative estimate of drug-likeness (QED) is 0.929. The van der Waals surface area contributed by atoms with Gasteiger partial charge in [0.2, 0.25) is 0 Å². The Morgan fingerprint density at radius 2 is 2.00 bits per heavy atom. The van der Waals surface area contributed by atoms with E-state index < -0.39 is 5.97 Å². The summed E-state index contributed by atoms with van der Waals surface area (Å²) in [4.78, 5) is 17.9. The molecule has 1 aliphatic rings. The van der Waals surface area contributed by atoms with Crippen LogP contribution in [0.5, 0.6) is 0 Å². The van der Waals surface area contributed by atoms with Crippen LogP contribution < -0.4 is 4.90 Å². The summed E-state index contributed by atoms with van der Waals surface area (Å²) in [6.07, 6.45) is 6.19. The van der Waals surface area contributed by atoms with Gasteiger partial charge in [-0.05, 0) is 18.9 Å². The van der Waals surface area contributed by atoms with Crippen molar-refractivity contribution in [3.63, 3.8) is 0 Å². The van der Waals surface area contributed by atoms with E-state index in [2.05, 4.69) is 9.88 Å². The van der Waals surface area contributed by atoms with Crippen LogP contribution >= 0.6 is 0 Å². The van der Waals surface area contributed by atoms with Crippen LogP contribution in [-0.2, 0) is 0 Å². The molecule has 0 aliphatic heterocycles. The van der Waals surface area contributed by atoms with E-state index in [0.29, 0.717) is 6.04 Å². The summed E-state index contributed by atoms with van der Waals surface area (Å²) >= 11 is 0. The van der Waals surface area contributed by atoms with Gasteiger partial charge in [-0.2, -0.15) is 0 Å². The van der Waals surface area contributed by atoms with Crippen LogP contribution in [0.3, 0.4) is 0 Å². The summed E-state index contributed by atoms with van der Waals surface area (Å²) in [5, 5.41) is 10.4. The number of carboxylic acids is 1. The molecular formula is C16H18N2O2. The SMILES string of the molecule is CN(c1c(C(=O)O)cnc2ccccc12)C1CCCC1. The van der Waals surface area contributed by atoms with Crippen LogP contribution in [0.15, 0.2) is 30.5 Å². The van der Waals surface area contributed by atoms with Crippen LogP contribution in [-0.4, -0.2) is 29.1 Å². The first-order valence-corrected chi connectivity index (χ1v) is 7.02. The number of hydrogen-bond donors (Lipinski definition) is 1. The molecule has 1 N–H and O–H groups in total. The Morgan fingerprint density at radius 3 is 2.70 bits per heavy atom. The zero-order valence-corrected chi connectivity index (χ0v) is 11.5. The molecule has 4 nitrogen and oxygen atoms in total. The summed E-state index contributed by atoms with van der Waals surface area (Å²) in [7, 11) is 2.00. The number of rotatable bonds is 3. The second-order valence-corrected chi connectivity index (χ2v) is 5.39. The van der Waals surface area contributed by atoms with Gasteiger partial charge in [0, 0.05) is 24.7 Å². The average Bonchev–Trinajstić information content (AvgIpc) is 2.99. The van der Waals surface area contributed by atoms with Crippen LogP contribution in [0.25, 0.3) is 10.9 Å². The fourth-order valence-electron chi connectivity index (χ4n) is 3.14. The molecule has 1 aromatic heterocycles. The number of para-hydroxylation sites is 1. The fraction of sp³-hybridized carbons (Fsp3) is 0.375. The summed E-state index contributed by atoms with van der Waals surface area (Å²) in [5.74, 6) is -0.914. The molecule has 4 heteroatoms. The second-order valence-electron chi connectivity index (χ2n) is 5.39. The van der Waals surface area contributed by atoms with Crippen molar-refractivity contribution in [2.45, 2.75) is 31.7 Å². The van der Waals surface area contributed by atoms with Gasteiger partial charge in [-0.3, -0.25) is 4.98 Å². The lowest BCUT2D eigenvalue weighted by molar-refractivity contribution is 0.0697. The number of benzene rings is 1. The van der Waals surface area contributed by atoms with E-state index in [4.69, 9.17) is 0 Å². The predicted molar refractivity (Wildman–Crippen MR) is 79.4 cm³/mol. The van der Waals surface area contributed by atoms with E-state index >= 15 is 0 Å². The van der Waals surface area contributed by atoms with E-state index in [1.165, 1.54) is 19.0 Å². The molecule has 0 atom stereocenters. The molecule has 1 fully saturated rings. The normalized spacial score (nSPS) is 15.7. The summed E-state index contributed by atoms with van der Waals surface area (Å²) < 4.78 is 0. The Balaban J connectivity index is 2.18. The lowest BCUT2D eigenvalue weighted by atomic mass is 10.1. The minimum Gasteiger partial charge on any atom is -0.478 e. The first-order chi connectivity index (χ1) is 9.68. The third-order valence-electron chi connectivity index (χ3n) is 4.20. The van der Waals surface area contributed by atoms with E-state index in [1.54, 1.807) is 0 Å². The van der Waals surface area contributed by atoms with Crippen molar-refractivity contribution in [3.05, 3.63) is 36.0 Å². The van der Waals surface area contributed by atoms with Crippen molar-refractivity contribution in [1.82, 2.24) is 4.98 Å². The van der Waals surface area contributed by atoms with Crippen molar-refractivity contribution in [1.29, 1.82) is 0 Å². The highest BCUT2D eigenvalue weighted by atomic mass is 16.4. The summed E-state index contributed by atoms with van der Waals surface area (Å²) in [5.41, 5.74) is 1.94. The van der Waals surface area contributed by atoms with Crippen molar-refractivity contribution in [3.8, 4) is 0 Å². The molecule has 0 amide bonds. The van der Waals surface area contributed by atoms with E-state index in [0.717, 1.165) is 29.4 Å². The number of aromatic carboxylic acids is 1. The van der Waals surface area contributed by atoms with Gasteiger partial charge in [0.25, 0.3) is 0 Å². The molecule has 104 valence electrons. The Bertz CT molecular complexity index is 648. The number of hydrogen-bond acceptors (Lipinski definition) is 3. The van der Waals surface area contributed by atoms with Gasteiger partial charge in [-0.15, -0.1) is 0 Å². The van der Waals surface area contributed by atoms with Crippen LogP contribution in [0.1, 0.15) is 36.0 Å². The predicted octanol–water partition coefficient (Wildman–Crippen LogP) is 3.31. The van der Waals surface area contributed by atoms with E-state index in [-0.39, 0.29) is 5.56 Å². The highest BCUT2D eigenvalue weighted by Crippen LogP contribution is 2.34. The number of fused-ring (bicyclic) bond motifs is 1. The second kappa shape index (κ2) is 5.12. The molecule has 1 aliphatic carbocycles. The third kappa shape index (κ3) is 2.11. The minimum absolute atomic E-state index is 0.290. The molecule has 1 saturated carbocycles. The lowest BCUT2D eigenvalue weighted by Gasteiger charge is -2.29. The third-order valence-corrected chi connectivity index (χ3v) is 4.20. The molecular weight excluding hydrogens is 252 g/mol. The Morgan fingerprint density at radius 1 is 1.30 bits per heavy atom. The summed E-state index contributed by atoms with van der Waals surface area (Å²) in [6, 6.07) is 8.16. The number of anilines is 1. The number of aromatic nitrogens is 1. The van der Waals surface area contributed by atoms with E-state index in [9.17, 15) is 9.90 Å². The molecule has 0 spiro atoms. The number of carboxylic acid groups (broad SMARTS) is 1. The molecule has 0 unspecified atom stereocenters. The van der Waals surface area contributed by atoms with Gasteiger partial charge in [-0.25, -0.2) is 4.79 Å². The molecule has 3 rings (SSSR count). The van der Waals surface area contributed by atoms with Gasteiger partial charge >= 0.3 is 5.97 Å². The monoisotopic (exact) mass is 270 g/mol. The smallest absolute Gasteiger partial charge is 0.339 e. The standard InChI is InChI=1S/C16H18N2O2/c1-18(11-6-2-3-7-11)15-12-8-4-5-9-14(12)17-10-13(15)16(19)20/h4-5,8-11H,2-3,6-7H2,1H3,(H,19,20). The number of nitrogens with zero attached hydrogens (tertiary/aromatic N) is 2. The maximum Gasteiger partial charge on any atom is 0.339 e. The first kappa shape index (κ1) is 12.9. The minimum atomic E-state index is -0.914. The first-order valence-electron chi connectivity index (χ1n) is 7.02. The largest absolute Gasteiger partial charge is 0.478 e. The van der Waals surface area contributed by atoms with Gasteiger partial charge in [0.05, 0.1) is 11.2 Å². The lowest BCUT2D eigenvalue weighted by Crippen LogP contribution is -2.30. The maximum atomic E-state index is 11.5. The van der Waals surface area contributed by atoms with Crippen LogP contribution in [0.2, 0.25) is 0 Å². The maximum absolute atomic E-state index is 11.5.